The molecule has 1 aromatic carbocycles. The number of ketones is 1. The van der Waals surface area contributed by atoms with Crippen molar-refractivity contribution in [3.63, 3.8) is 0 Å². The number of alkyl halides is 2. The number of Topliss-reactive ketones (excluding diaryl/α,β-unsaturated/α-hetero) is 1. The van der Waals surface area contributed by atoms with Crippen LogP contribution in [0.4, 0.5) is 4.39 Å². The van der Waals surface area contributed by atoms with E-state index >= 15 is 0 Å². The number of rotatable bonds is 6. The van der Waals surface area contributed by atoms with Crippen LogP contribution in [0.2, 0.25) is 0 Å². The SMILES string of the molecule is Cc1cc(C(=O)COC(=O)[C@@]2(C)CC2(Cl)Cl)c(C)n1Cc1ccc(F)cc1. The number of aromatic nitrogens is 1. The maximum atomic E-state index is 13.1. The Labute approximate surface area is 167 Å². The molecule has 0 radical (unpaired) electrons. The van der Waals surface area contributed by atoms with Gasteiger partial charge in [-0.2, -0.15) is 0 Å². The monoisotopic (exact) mass is 411 g/mol. The lowest BCUT2D eigenvalue weighted by Gasteiger charge is -2.12. The normalized spacial score (nSPS) is 20.4. The Morgan fingerprint density at radius 1 is 1.22 bits per heavy atom. The molecular weight excluding hydrogens is 392 g/mol. The molecule has 0 unspecified atom stereocenters. The van der Waals surface area contributed by atoms with E-state index in [1.165, 1.54) is 12.1 Å². The Hall–Kier alpha value is -1.85. The van der Waals surface area contributed by atoms with Crippen LogP contribution >= 0.6 is 23.2 Å². The Kier molecular flexibility index (Phi) is 5.12. The number of hydrogen-bond acceptors (Lipinski definition) is 3. The Bertz CT molecular complexity index is 905. The van der Waals surface area contributed by atoms with Gasteiger partial charge in [-0.05, 0) is 44.5 Å². The van der Waals surface area contributed by atoms with Gasteiger partial charge in [-0.1, -0.05) is 12.1 Å². The van der Waals surface area contributed by atoms with Gasteiger partial charge in [0.05, 0.1) is 0 Å². The van der Waals surface area contributed by atoms with Crippen LogP contribution in [-0.2, 0) is 16.1 Å². The second-order valence-corrected chi connectivity index (χ2v) is 8.69. The summed E-state index contributed by atoms with van der Waals surface area (Å²) in [6.45, 7) is 5.49. The third-order valence-corrected chi connectivity index (χ3v) is 6.27. The van der Waals surface area contributed by atoms with Gasteiger partial charge < -0.3 is 9.30 Å². The lowest BCUT2D eigenvalue weighted by Crippen LogP contribution is -2.24. The number of nitrogens with zero attached hydrogens (tertiary/aromatic N) is 1. The van der Waals surface area contributed by atoms with E-state index in [1.54, 1.807) is 25.1 Å². The molecule has 0 bridgehead atoms. The van der Waals surface area contributed by atoms with Crippen LogP contribution in [0.1, 0.15) is 40.7 Å². The molecule has 1 aromatic heterocycles. The third kappa shape index (κ3) is 3.76. The summed E-state index contributed by atoms with van der Waals surface area (Å²) in [7, 11) is 0. The number of aryl methyl sites for hydroxylation is 1. The number of carbonyl (C=O) groups is 2. The number of carbonyl (C=O) groups excluding carboxylic acids is 2. The zero-order valence-electron chi connectivity index (χ0n) is 15.3. The maximum Gasteiger partial charge on any atom is 0.315 e. The van der Waals surface area contributed by atoms with Crippen molar-refractivity contribution in [2.75, 3.05) is 6.61 Å². The fourth-order valence-electron chi connectivity index (χ4n) is 3.09. The molecule has 1 heterocycles. The topological polar surface area (TPSA) is 48.3 Å². The lowest BCUT2D eigenvalue weighted by atomic mass is 10.1. The summed E-state index contributed by atoms with van der Waals surface area (Å²) in [5, 5.41) is 0. The summed E-state index contributed by atoms with van der Waals surface area (Å²) >= 11 is 11.9. The fraction of sp³-hybridized carbons (Fsp3) is 0.400. The predicted octanol–water partition coefficient (Wildman–Crippen LogP) is 4.60. The van der Waals surface area contributed by atoms with Crippen molar-refractivity contribution in [2.24, 2.45) is 5.41 Å². The van der Waals surface area contributed by atoms with Crippen LogP contribution in [0.15, 0.2) is 30.3 Å². The van der Waals surface area contributed by atoms with Crippen molar-refractivity contribution in [3.8, 4) is 0 Å². The van der Waals surface area contributed by atoms with Gasteiger partial charge in [0.25, 0.3) is 0 Å². The molecule has 0 spiro atoms. The molecule has 0 aliphatic heterocycles. The molecule has 1 aliphatic rings. The highest BCUT2D eigenvalue weighted by Crippen LogP contribution is 2.64. The quantitative estimate of drug-likeness (QED) is 0.396. The summed E-state index contributed by atoms with van der Waals surface area (Å²) in [6, 6.07) is 7.99. The van der Waals surface area contributed by atoms with Crippen molar-refractivity contribution in [2.45, 2.75) is 38.1 Å². The Morgan fingerprint density at radius 2 is 1.81 bits per heavy atom. The van der Waals surface area contributed by atoms with E-state index in [1.807, 2.05) is 18.4 Å². The van der Waals surface area contributed by atoms with E-state index in [9.17, 15) is 14.0 Å². The fourth-order valence-corrected chi connectivity index (χ4v) is 3.78. The van der Waals surface area contributed by atoms with E-state index in [2.05, 4.69) is 0 Å². The highest BCUT2D eigenvalue weighted by Gasteiger charge is 2.69. The van der Waals surface area contributed by atoms with Crippen LogP contribution in [0.5, 0.6) is 0 Å². The van der Waals surface area contributed by atoms with Crippen LogP contribution in [-0.4, -0.2) is 27.3 Å². The number of esters is 1. The molecule has 1 fully saturated rings. The molecule has 0 amide bonds. The number of benzene rings is 1. The number of halogens is 3. The standard InChI is InChI=1S/C20H20Cl2FNO3/c1-12-8-16(13(2)24(12)9-14-4-6-15(23)7-5-14)17(25)10-27-18(26)19(3)11-20(19,21)22/h4-8H,9-11H2,1-3H3/t19-/m1/s1. The van der Waals surface area contributed by atoms with Crippen molar-refractivity contribution in [1.29, 1.82) is 0 Å². The van der Waals surface area contributed by atoms with Gasteiger partial charge in [0.1, 0.15) is 15.6 Å². The van der Waals surface area contributed by atoms with Gasteiger partial charge in [-0.15, -0.1) is 23.2 Å². The molecule has 0 N–H and O–H groups in total. The molecule has 27 heavy (non-hydrogen) atoms. The van der Waals surface area contributed by atoms with Crippen molar-refractivity contribution in [3.05, 3.63) is 58.7 Å². The second kappa shape index (κ2) is 6.95. The summed E-state index contributed by atoms with van der Waals surface area (Å²) < 4.78 is 19.1. The molecule has 1 aliphatic carbocycles. The molecule has 144 valence electrons. The van der Waals surface area contributed by atoms with Gasteiger partial charge in [0.15, 0.2) is 6.61 Å². The van der Waals surface area contributed by atoms with Crippen LogP contribution in [0, 0.1) is 25.1 Å². The van der Waals surface area contributed by atoms with Gasteiger partial charge in [0.2, 0.25) is 5.78 Å². The minimum absolute atomic E-state index is 0.291. The highest BCUT2D eigenvalue weighted by atomic mass is 35.5. The summed E-state index contributed by atoms with van der Waals surface area (Å²) in [5.74, 6) is -1.15. The summed E-state index contributed by atoms with van der Waals surface area (Å²) in [6.07, 6.45) is 0.308. The average molecular weight is 412 g/mol. The lowest BCUT2D eigenvalue weighted by molar-refractivity contribution is -0.148. The van der Waals surface area contributed by atoms with Gasteiger partial charge in [-0.25, -0.2) is 4.39 Å². The zero-order chi connectivity index (χ0) is 20.0. The van der Waals surface area contributed by atoms with Crippen molar-refractivity contribution < 1.29 is 18.7 Å². The predicted molar refractivity (Wildman–Crippen MR) is 102 cm³/mol. The number of hydrogen-bond donors (Lipinski definition) is 0. The van der Waals surface area contributed by atoms with E-state index in [0.29, 0.717) is 18.5 Å². The number of ether oxygens (including phenoxy) is 1. The Morgan fingerprint density at radius 3 is 2.37 bits per heavy atom. The van der Waals surface area contributed by atoms with Crippen molar-refractivity contribution >= 4 is 35.0 Å². The molecule has 7 heteroatoms. The van der Waals surface area contributed by atoms with E-state index in [0.717, 1.165) is 17.0 Å². The van der Waals surface area contributed by atoms with Gasteiger partial charge in [-0.3, -0.25) is 9.59 Å². The molecule has 3 rings (SSSR count). The first-order valence-corrected chi connectivity index (χ1v) is 9.30. The van der Waals surface area contributed by atoms with E-state index < -0.39 is 15.7 Å². The zero-order valence-corrected chi connectivity index (χ0v) is 16.8. The Balaban J connectivity index is 1.69. The van der Waals surface area contributed by atoms with Crippen LogP contribution < -0.4 is 0 Å². The van der Waals surface area contributed by atoms with Gasteiger partial charge >= 0.3 is 5.97 Å². The molecular formula is C20H20Cl2FNO3. The second-order valence-electron chi connectivity index (χ2n) is 7.21. The first-order valence-electron chi connectivity index (χ1n) is 8.54. The van der Waals surface area contributed by atoms with Gasteiger partial charge in [0, 0.05) is 29.9 Å². The van der Waals surface area contributed by atoms with E-state index in [-0.39, 0.29) is 18.2 Å². The smallest absolute Gasteiger partial charge is 0.315 e. The van der Waals surface area contributed by atoms with E-state index in [4.69, 9.17) is 27.9 Å². The third-order valence-electron chi connectivity index (χ3n) is 5.17. The molecule has 0 saturated heterocycles. The maximum absolute atomic E-state index is 13.1. The molecule has 1 saturated carbocycles. The van der Waals surface area contributed by atoms with Crippen LogP contribution in [0.25, 0.3) is 0 Å². The largest absolute Gasteiger partial charge is 0.457 e. The summed E-state index contributed by atoms with van der Waals surface area (Å²) in [5.41, 5.74) is 2.11. The molecule has 1 atom stereocenters. The average Bonchev–Trinajstić information content (AvgIpc) is 3.01. The first kappa shape index (κ1) is 19.9. The minimum Gasteiger partial charge on any atom is -0.457 e. The molecule has 4 nitrogen and oxygen atoms in total. The first-order chi connectivity index (χ1) is 12.5. The van der Waals surface area contributed by atoms with Crippen molar-refractivity contribution in [1.82, 2.24) is 4.57 Å². The summed E-state index contributed by atoms with van der Waals surface area (Å²) in [4.78, 5) is 24.7. The highest BCUT2D eigenvalue weighted by molar-refractivity contribution is 6.53. The molecule has 2 aromatic rings. The van der Waals surface area contributed by atoms with Crippen LogP contribution in [0.3, 0.4) is 0 Å². The minimum atomic E-state index is -1.13.